The first kappa shape index (κ1) is 13.4. The van der Waals surface area contributed by atoms with Gasteiger partial charge in [-0.1, -0.05) is 0 Å². The van der Waals surface area contributed by atoms with Crippen LogP contribution in [-0.2, 0) is 4.79 Å². The zero-order valence-electron chi connectivity index (χ0n) is 10.8. The fourth-order valence-corrected chi connectivity index (χ4v) is 2.09. The van der Waals surface area contributed by atoms with Gasteiger partial charge in [0, 0.05) is 31.7 Å². The molecule has 5 nitrogen and oxygen atoms in total. The molecule has 94 valence electrons. The van der Waals surface area contributed by atoms with Crippen molar-refractivity contribution in [1.29, 1.82) is 0 Å². The monoisotopic (exact) mass is 228 g/mol. The fourth-order valence-electron chi connectivity index (χ4n) is 2.09. The van der Waals surface area contributed by atoms with E-state index in [1.807, 2.05) is 14.1 Å². The Bertz CT molecular complexity index is 252. The van der Waals surface area contributed by atoms with Crippen LogP contribution in [-0.4, -0.2) is 67.6 Å². The van der Waals surface area contributed by atoms with Crippen molar-refractivity contribution in [3.8, 4) is 0 Å². The van der Waals surface area contributed by atoms with Gasteiger partial charge in [-0.25, -0.2) is 0 Å². The van der Waals surface area contributed by atoms with Gasteiger partial charge in [0.2, 0.25) is 5.91 Å². The van der Waals surface area contributed by atoms with Gasteiger partial charge in [-0.3, -0.25) is 9.69 Å². The van der Waals surface area contributed by atoms with Crippen LogP contribution in [0.1, 0.15) is 13.8 Å². The number of nitrogens with zero attached hydrogens (tertiary/aromatic N) is 2. The van der Waals surface area contributed by atoms with E-state index in [9.17, 15) is 4.79 Å². The minimum Gasteiger partial charge on any atom is -0.353 e. The Morgan fingerprint density at radius 1 is 1.56 bits per heavy atom. The third kappa shape index (κ3) is 2.93. The summed E-state index contributed by atoms with van der Waals surface area (Å²) >= 11 is 0. The second-order valence-electron chi connectivity index (χ2n) is 5.28. The van der Waals surface area contributed by atoms with Gasteiger partial charge in [0.25, 0.3) is 0 Å². The standard InChI is InChI=1S/C11H24N4O/c1-11(2)8-13-10(16)9(7-12)15(11)6-5-14(3)4/h9H,5-8,12H2,1-4H3,(H,13,16). The van der Waals surface area contributed by atoms with E-state index in [1.54, 1.807) is 0 Å². The van der Waals surface area contributed by atoms with Crippen molar-refractivity contribution in [3.63, 3.8) is 0 Å². The van der Waals surface area contributed by atoms with E-state index >= 15 is 0 Å². The Kier molecular flexibility index (Phi) is 4.29. The van der Waals surface area contributed by atoms with Gasteiger partial charge in [-0.2, -0.15) is 0 Å². The molecule has 0 bridgehead atoms. The summed E-state index contributed by atoms with van der Waals surface area (Å²) < 4.78 is 0. The number of nitrogens with two attached hydrogens (primary N) is 1. The van der Waals surface area contributed by atoms with E-state index in [1.165, 1.54) is 0 Å². The number of rotatable bonds is 4. The summed E-state index contributed by atoms with van der Waals surface area (Å²) in [6.45, 7) is 7.16. The molecule has 3 N–H and O–H groups in total. The zero-order chi connectivity index (χ0) is 12.3. The third-order valence-corrected chi connectivity index (χ3v) is 3.16. The minimum absolute atomic E-state index is 0.0199. The molecule has 1 atom stereocenters. The number of nitrogens with one attached hydrogen (secondary N) is 1. The Morgan fingerprint density at radius 2 is 2.19 bits per heavy atom. The Balaban J connectivity index is 2.74. The number of hydrogen-bond donors (Lipinski definition) is 2. The molecule has 1 saturated heterocycles. The molecule has 1 fully saturated rings. The highest BCUT2D eigenvalue weighted by atomic mass is 16.2. The third-order valence-electron chi connectivity index (χ3n) is 3.16. The molecule has 5 heteroatoms. The highest BCUT2D eigenvalue weighted by Crippen LogP contribution is 2.20. The molecule has 16 heavy (non-hydrogen) atoms. The highest BCUT2D eigenvalue weighted by molar-refractivity contribution is 5.83. The van der Waals surface area contributed by atoms with E-state index in [2.05, 4.69) is 29.0 Å². The van der Waals surface area contributed by atoms with Crippen LogP contribution >= 0.6 is 0 Å². The summed E-state index contributed by atoms with van der Waals surface area (Å²) in [7, 11) is 4.07. The maximum atomic E-state index is 11.7. The molecular weight excluding hydrogens is 204 g/mol. The van der Waals surface area contributed by atoms with Crippen molar-refractivity contribution in [1.82, 2.24) is 15.1 Å². The quantitative estimate of drug-likeness (QED) is 0.654. The summed E-state index contributed by atoms with van der Waals surface area (Å²) in [4.78, 5) is 16.1. The van der Waals surface area contributed by atoms with Gasteiger partial charge < -0.3 is 16.0 Å². The molecule has 0 radical (unpaired) electrons. The van der Waals surface area contributed by atoms with Crippen molar-refractivity contribution < 1.29 is 4.79 Å². The van der Waals surface area contributed by atoms with Crippen LogP contribution in [0.25, 0.3) is 0 Å². The second kappa shape index (κ2) is 5.12. The number of piperazine rings is 1. The molecule has 0 aliphatic carbocycles. The van der Waals surface area contributed by atoms with Gasteiger partial charge in [0.05, 0.1) is 0 Å². The zero-order valence-corrected chi connectivity index (χ0v) is 10.8. The fraction of sp³-hybridized carbons (Fsp3) is 0.909. The van der Waals surface area contributed by atoms with Crippen LogP contribution in [0.3, 0.4) is 0 Å². The van der Waals surface area contributed by atoms with Crippen LogP contribution in [0, 0.1) is 0 Å². The summed E-state index contributed by atoms with van der Waals surface area (Å²) in [5.74, 6) is 0.0561. The maximum Gasteiger partial charge on any atom is 0.238 e. The van der Waals surface area contributed by atoms with Crippen molar-refractivity contribution in [2.75, 3.05) is 40.3 Å². The normalized spacial score (nSPS) is 25.9. The average molecular weight is 228 g/mol. The van der Waals surface area contributed by atoms with Crippen LogP contribution in [0.2, 0.25) is 0 Å². The van der Waals surface area contributed by atoms with Crippen LogP contribution in [0.5, 0.6) is 0 Å². The lowest BCUT2D eigenvalue weighted by Gasteiger charge is -2.47. The molecule has 1 unspecified atom stereocenters. The van der Waals surface area contributed by atoms with Gasteiger partial charge >= 0.3 is 0 Å². The number of carbonyl (C=O) groups is 1. The topological polar surface area (TPSA) is 61.6 Å². The van der Waals surface area contributed by atoms with Crippen molar-refractivity contribution in [2.24, 2.45) is 5.73 Å². The summed E-state index contributed by atoms with van der Waals surface area (Å²) in [5.41, 5.74) is 5.68. The average Bonchev–Trinajstić information content (AvgIpc) is 2.19. The van der Waals surface area contributed by atoms with E-state index in [0.717, 1.165) is 13.1 Å². The van der Waals surface area contributed by atoms with E-state index in [4.69, 9.17) is 5.73 Å². The minimum atomic E-state index is -0.191. The molecule has 1 aliphatic heterocycles. The summed E-state index contributed by atoms with van der Waals surface area (Å²) in [5, 5.41) is 2.92. The van der Waals surface area contributed by atoms with Crippen molar-refractivity contribution in [3.05, 3.63) is 0 Å². The molecule has 0 saturated carbocycles. The molecule has 1 aliphatic rings. The summed E-state index contributed by atoms with van der Waals surface area (Å²) in [6, 6.07) is -0.191. The number of amides is 1. The predicted octanol–water partition coefficient (Wildman–Crippen LogP) is -0.914. The predicted molar refractivity (Wildman–Crippen MR) is 65.2 cm³/mol. The largest absolute Gasteiger partial charge is 0.353 e. The van der Waals surface area contributed by atoms with Gasteiger partial charge in [0.15, 0.2) is 0 Å². The van der Waals surface area contributed by atoms with Crippen LogP contribution < -0.4 is 11.1 Å². The molecule has 0 spiro atoms. The first-order valence-corrected chi connectivity index (χ1v) is 5.78. The SMILES string of the molecule is CN(C)CCN1C(CN)C(=O)NCC1(C)C. The molecule has 1 heterocycles. The number of carbonyl (C=O) groups excluding carboxylic acids is 1. The van der Waals surface area contributed by atoms with Gasteiger partial charge in [-0.15, -0.1) is 0 Å². The molecule has 1 amide bonds. The summed E-state index contributed by atoms with van der Waals surface area (Å²) in [6.07, 6.45) is 0. The highest BCUT2D eigenvalue weighted by Gasteiger charge is 2.39. The van der Waals surface area contributed by atoms with Crippen LogP contribution in [0.15, 0.2) is 0 Å². The molecule has 0 aromatic rings. The Hall–Kier alpha value is -0.650. The first-order chi connectivity index (χ1) is 7.38. The van der Waals surface area contributed by atoms with Crippen molar-refractivity contribution >= 4 is 5.91 Å². The van der Waals surface area contributed by atoms with Gasteiger partial charge in [0.1, 0.15) is 6.04 Å². The molecule has 0 aromatic carbocycles. The lowest BCUT2D eigenvalue weighted by molar-refractivity contribution is -0.133. The van der Waals surface area contributed by atoms with Crippen molar-refractivity contribution in [2.45, 2.75) is 25.4 Å². The molecular formula is C11H24N4O. The molecule has 0 aromatic heterocycles. The Labute approximate surface area is 98.0 Å². The van der Waals surface area contributed by atoms with E-state index in [0.29, 0.717) is 13.1 Å². The van der Waals surface area contributed by atoms with Gasteiger partial charge in [-0.05, 0) is 27.9 Å². The van der Waals surface area contributed by atoms with E-state index in [-0.39, 0.29) is 17.5 Å². The second-order valence-corrected chi connectivity index (χ2v) is 5.28. The number of likely N-dealkylation sites (N-methyl/N-ethyl adjacent to an activating group) is 1. The van der Waals surface area contributed by atoms with E-state index < -0.39 is 0 Å². The smallest absolute Gasteiger partial charge is 0.238 e. The first-order valence-electron chi connectivity index (χ1n) is 5.78. The van der Waals surface area contributed by atoms with Crippen LogP contribution in [0.4, 0.5) is 0 Å². The lowest BCUT2D eigenvalue weighted by atomic mass is 9.95. The Morgan fingerprint density at radius 3 is 2.69 bits per heavy atom. The lowest BCUT2D eigenvalue weighted by Crippen LogP contribution is -2.68. The maximum absolute atomic E-state index is 11.7. The molecule has 1 rings (SSSR count). The number of hydrogen-bond acceptors (Lipinski definition) is 4.